The monoisotopic (exact) mass is 329 g/mol. The second kappa shape index (κ2) is 7.58. The van der Waals surface area contributed by atoms with Gasteiger partial charge in [0.15, 0.2) is 0 Å². The van der Waals surface area contributed by atoms with Gasteiger partial charge in [0.05, 0.1) is 5.75 Å². The summed E-state index contributed by atoms with van der Waals surface area (Å²) in [4.78, 5) is 13.6. The number of carbonyl (C=O) groups is 1. The van der Waals surface area contributed by atoms with Crippen LogP contribution in [0.2, 0.25) is 0 Å². The van der Waals surface area contributed by atoms with E-state index in [0.717, 1.165) is 5.56 Å². The van der Waals surface area contributed by atoms with Gasteiger partial charge in [0, 0.05) is 13.1 Å². The van der Waals surface area contributed by atoms with Crippen LogP contribution in [0.25, 0.3) is 0 Å². The standard InChI is InChI=1S/C15H20FNO4S/c16-22(19,20)11-8-13-6-9-17(10-7-13)15(18)21-12-14-4-2-1-3-5-14/h1-5,13H,6-12H2. The van der Waals surface area contributed by atoms with Gasteiger partial charge in [0.25, 0.3) is 0 Å². The first-order valence-corrected chi connectivity index (χ1v) is 8.87. The summed E-state index contributed by atoms with van der Waals surface area (Å²) >= 11 is 0. The van der Waals surface area contributed by atoms with Gasteiger partial charge in [-0.05, 0) is 30.7 Å². The topological polar surface area (TPSA) is 63.7 Å². The van der Waals surface area contributed by atoms with Crippen molar-refractivity contribution >= 4 is 16.3 Å². The smallest absolute Gasteiger partial charge is 0.410 e. The molecule has 7 heteroatoms. The van der Waals surface area contributed by atoms with E-state index in [1.54, 1.807) is 4.90 Å². The lowest BCUT2D eigenvalue weighted by Crippen LogP contribution is -2.39. The molecule has 0 atom stereocenters. The zero-order valence-electron chi connectivity index (χ0n) is 12.3. The average molecular weight is 329 g/mol. The third-order valence-electron chi connectivity index (χ3n) is 3.85. The predicted octanol–water partition coefficient (Wildman–Crippen LogP) is 2.72. The molecule has 1 saturated heterocycles. The Hall–Kier alpha value is -1.63. The van der Waals surface area contributed by atoms with Crippen LogP contribution < -0.4 is 0 Å². The zero-order valence-corrected chi connectivity index (χ0v) is 13.1. The number of ether oxygens (including phenoxy) is 1. The van der Waals surface area contributed by atoms with Gasteiger partial charge in [-0.2, -0.15) is 8.42 Å². The highest BCUT2D eigenvalue weighted by Gasteiger charge is 2.24. The maximum Gasteiger partial charge on any atom is 0.410 e. The quantitative estimate of drug-likeness (QED) is 0.779. The number of likely N-dealkylation sites (tertiary alicyclic amines) is 1. The summed E-state index contributed by atoms with van der Waals surface area (Å²) in [5.74, 6) is -0.292. The molecule has 122 valence electrons. The molecule has 0 saturated carbocycles. The van der Waals surface area contributed by atoms with Gasteiger partial charge in [-0.1, -0.05) is 30.3 Å². The molecule has 0 aliphatic carbocycles. The molecule has 0 N–H and O–H groups in total. The Kier molecular flexibility index (Phi) is 5.76. The van der Waals surface area contributed by atoms with Gasteiger partial charge in [-0.3, -0.25) is 0 Å². The van der Waals surface area contributed by atoms with Crippen LogP contribution in [0.5, 0.6) is 0 Å². The second-order valence-electron chi connectivity index (χ2n) is 5.50. The molecule has 1 aliphatic rings. The molecule has 2 rings (SSSR count). The van der Waals surface area contributed by atoms with Crippen LogP contribution in [0.4, 0.5) is 8.68 Å². The van der Waals surface area contributed by atoms with Gasteiger partial charge in [0.1, 0.15) is 6.61 Å². The Morgan fingerprint density at radius 3 is 2.45 bits per heavy atom. The molecule has 0 aromatic heterocycles. The largest absolute Gasteiger partial charge is 0.445 e. The molecular weight excluding hydrogens is 309 g/mol. The van der Waals surface area contributed by atoms with Crippen molar-refractivity contribution in [3.8, 4) is 0 Å². The van der Waals surface area contributed by atoms with Crippen LogP contribution in [0.3, 0.4) is 0 Å². The summed E-state index contributed by atoms with van der Waals surface area (Å²) in [6.07, 6.45) is 1.30. The fourth-order valence-corrected chi connectivity index (χ4v) is 3.14. The number of piperidine rings is 1. The molecule has 5 nitrogen and oxygen atoms in total. The molecule has 1 amide bonds. The van der Waals surface area contributed by atoms with E-state index in [0.29, 0.717) is 32.4 Å². The number of amides is 1. The lowest BCUT2D eigenvalue weighted by molar-refractivity contribution is 0.0820. The first-order chi connectivity index (χ1) is 10.4. The molecule has 1 aliphatic heterocycles. The lowest BCUT2D eigenvalue weighted by atomic mass is 9.95. The number of halogens is 1. The highest BCUT2D eigenvalue weighted by atomic mass is 32.3. The van der Waals surface area contributed by atoms with E-state index < -0.39 is 16.0 Å². The predicted molar refractivity (Wildman–Crippen MR) is 80.4 cm³/mol. The summed E-state index contributed by atoms with van der Waals surface area (Å²) < 4.78 is 38.8. The van der Waals surface area contributed by atoms with Crippen molar-refractivity contribution < 1.29 is 21.8 Å². The Morgan fingerprint density at radius 2 is 1.86 bits per heavy atom. The molecule has 1 heterocycles. The van der Waals surface area contributed by atoms with Crippen LogP contribution in [-0.4, -0.2) is 38.3 Å². The van der Waals surface area contributed by atoms with Crippen LogP contribution in [0, 0.1) is 5.92 Å². The SMILES string of the molecule is O=C(OCc1ccccc1)N1CCC(CCS(=O)(=O)F)CC1. The van der Waals surface area contributed by atoms with Crippen molar-refractivity contribution in [2.45, 2.75) is 25.9 Å². The summed E-state index contributed by atoms with van der Waals surface area (Å²) in [6.45, 7) is 1.27. The van der Waals surface area contributed by atoms with Crippen molar-refractivity contribution in [3.63, 3.8) is 0 Å². The molecule has 0 radical (unpaired) electrons. The van der Waals surface area contributed by atoms with Gasteiger partial charge >= 0.3 is 16.3 Å². The fourth-order valence-electron chi connectivity index (χ4n) is 2.52. The van der Waals surface area contributed by atoms with E-state index in [2.05, 4.69) is 0 Å². The molecule has 22 heavy (non-hydrogen) atoms. The minimum absolute atomic E-state index is 0.142. The Bertz CT molecular complexity index is 583. The normalized spacial score (nSPS) is 16.5. The minimum Gasteiger partial charge on any atom is -0.445 e. The fraction of sp³-hybridized carbons (Fsp3) is 0.533. The van der Waals surface area contributed by atoms with Crippen LogP contribution in [0.1, 0.15) is 24.8 Å². The van der Waals surface area contributed by atoms with E-state index in [1.807, 2.05) is 30.3 Å². The maximum absolute atomic E-state index is 12.5. The maximum atomic E-state index is 12.5. The highest BCUT2D eigenvalue weighted by molar-refractivity contribution is 7.86. The summed E-state index contributed by atoms with van der Waals surface area (Å²) in [5, 5.41) is 0. The van der Waals surface area contributed by atoms with E-state index in [9.17, 15) is 17.1 Å². The van der Waals surface area contributed by atoms with E-state index in [1.165, 1.54) is 0 Å². The summed E-state index contributed by atoms with van der Waals surface area (Å²) in [6, 6.07) is 9.43. The molecule has 0 bridgehead atoms. The minimum atomic E-state index is -4.40. The van der Waals surface area contributed by atoms with Gasteiger partial charge in [0.2, 0.25) is 0 Å². The number of nitrogens with zero attached hydrogens (tertiary/aromatic N) is 1. The Morgan fingerprint density at radius 1 is 1.23 bits per heavy atom. The van der Waals surface area contributed by atoms with Crippen molar-refractivity contribution in [3.05, 3.63) is 35.9 Å². The zero-order chi connectivity index (χ0) is 16.0. The highest BCUT2D eigenvalue weighted by Crippen LogP contribution is 2.22. The van der Waals surface area contributed by atoms with E-state index in [-0.39, 0.29) is 18.6 Å². The average Bonchev–Trinajstić information content (AvgIpc) is 2.51. The van der Waals surface area contributed by atoms with E-state index in [4.69, 9.17) is 4.74 Å². The lowest BCUT2D eigenvalue weighted by Gasteiger charge is -2.31. The number of hydrogen-bond donors (Lipinski definition) is 0. The van der Waals surface area contributed by atoms with Crippen LogP contribution in [-0.2, 0) is 21.6 Å². The van der Waals surface area contributed by atoms with Crippen molar-refractivity contribution in [1.82, 2.24) is 4.90 Å². The van der Waals surface area contributed by atoms with Crippen LogP contribution >= 0.6 is 0 Å². The van der Waals surface area contributed by atoms with Gasteiger partial charge in [-0.15, -0.1) is 3.89 Å². The van der Waals surface area contributed by atoms with E-state index >= 15 is 0 Å². The number of hydrogen-bond acceptors (Lipinski definition) is 4. The Labute approximate surface area is 130 Å². The molecular formula is C15H20FNO4S. The number of carbonyl (C=O) groups excluding carboxylic acids is 1. The van der Waals surface area contributed by atoms with Crippen LogP contribution in [0.15, 0.2) is 30.3 Å². The second-order valence-corrected chi connectivity index (χ2v) is 6.99. The van der Waals surface area contributed by atoms with Gasteiger partial charge in [-0.25, -0.2) is 4.79 Å². The van der Waals surface area contributed by atoms with Crippen molar-refractivity contribution in [2.24, 2.45) is 5.92 Å². The third-order valence-corrected chi connectivity index (χ3v) is 4.57. The molecule has 0 spiro atoms. The first kappa shape index (κ1) is 16.7. The molecule has 0 unspecified atom stereocenters. The number of rotatable bonds is 5. The summed E-state index contributed by atoms with van der Waals surface area (Å²) in [5.41, 5.74) is 0.930. The Balaban J connectivity index is 1.71. The third kappa shape index (κ3) is 5.63. The van der Waals surface area contributed by atoms with Crippen molar-refractivity contribution in [2.75, 3.05) is 18.8 Å². The molecule has 1 fully saturated rings. The molecule has 1 aromatic carbocycles. The van der Waals surface area contributed by atoms with Gasteiger partial charge < -0.3 is 9.64 Å². The molecule has 1 aromatic rings. The summed E-state index contributed by atoms with van der Waals surface area (Å²) in [7, 11) is -4.40. The number of benzene rings is 1. The first-order valence-electron chi connectivity index (χ1n) is 7.32. The van der Waals surface area contributed by atoms with Crippen molar-refractivity contribution in [1.29, 1.82) is 0 Å².